The average Bonchev–Trinajstić information content (AvgIpc) is 2.86. The van der Waals surface area contributed by atoms with Crippen LogP contribution in [0.5, 0.6) is 0 Å². The second-order valence-corrected chi connectivity index (χ2v) is 3.56. The molecule has 0 N–H and O–H groups in total. The molecule has 0 atom stereocenters. The van der Waals surface area contributed by atoms with Crippen molar-refractivity contribution >= 4 is 5.97 Å². The number of oxazole rings is 1. The number of ether oxygens (including phenoxy) is 1. The molecule has 0 amide bonds. The summed E-state index contributed by atoms with van der Waals surface area (Å²) in [6.07, 6.45) is 2.41. The van der Waals surface area contributed by atoms with Gasteiger partial charge in [-0.3, -0.25) is 4.79 Å². The Balaban J connectivity index is 2.04. The van der Waals surface area contributed by atoms with Crippen molar-refractivity contribution < 1.29 is 13.9 Å². The summed E-state index contributed by atoms with van der Waals surface area (Å²) in [6, 6.07) is 9.71. The van der Waals surface area contributed by atoms with E-state index in [2.05, 4.69) is 9.72 Å². The average molecular weight is 231 g/mol. The van der Waals surface area contributed by atoms with Gasteiger partial charge in [0.15, 0.2) is 11.7 Å². The number of hydrogen-bond acceptors (Lipinski definition) is 4. The molecule has 0 bridgehead atoms. The van der Waals surface area contributed by atoms with Gasteiger partial charge in [0.1, 0.15) is 0 Å². The molecule has 4 heteroatoms. The summed E-state index contributed by atoms with van der Waals surface area (Å²) in [7, 11) is 1.37. The fourth-order valence-electron chi connectivity index (χ4n) is 1.47. The van der Waals surface area contributed by atoms with Crippen LogP contribution in [0.3, 0.4) is 0 Å². The number of hydrogen-bond donors (Lipinski definition) is 0. The monoisotopic (exact) mass is 231 g/mol. The molecule has 0 aliphatic carbocycles. The second-order valence-electron chi connectivity index (χ2n) is 3.56. The number of rotatable bonds is 4. The Kier molecular flexibility index (Phi) is 3.55. The van der Waals surface area contributed by atoms with Gasteiger partial charge in [-0.1, -0.05) is 30.3 Å². The molecule has 4 nitrogen and oxygen atoms in total. The Morgan fingerprint density at radius 1 is 1.35 bits per heavy atom. The Morgan fingerprint density at radius 3 is 2.82 bits per heavy atom. The molecule has 0 radical (unpaired) electrons. The van der Waals surface area contributed by atoms with Gasteiger partial charge in [-0.15, -0.1) is 0 Å². The number of carbonyl (C=O) groups is 1. The minimum atomic E-state index is -0.260. The summed E-state index contributed by atoms with van der Waals surface area (Å²) in [5.41, 5.74) is 0.976. The molecule has 1 heterocycles. The van der Waals surface area contributed by atoms with Crippen LogP contribution < -0.4 is 0 Å². The predicted molar refractivity (Wildman–Crippen MR) is 62.3 cm³/mol. The molecule has 0 aliphatic rings. The van der Waals surface area contributed by atoms with E-state index in [0.29, 0.717) is 18.1 Å². The zero-order chi connectivity index (χ0) is 12.1. The fourth-order valence-corrected chi connectivity index (χ4v) is 1.47. The van der Waals surface area contributed by atoms with Gasteiger partial charge in [-0.2, -0.15) is 0 Å². The van der Waals surface area contributed by atoms with Crippen molar-refractivity contribution in [3.8, 4) is 11.3 Å². The Labute approximate surface area is 99.2 Å². The van der Waals surface area contributed by atoms with Crippen LogP contribution in [-0.2, 0) is 16.0 Å². The van der Waals surface area contributed by atoms with Crippen molar-refractivity contribution in [3.05, 3.63) is 42.4 Å². The van der Waals surface area contributed by atoms with Gasteiger partial charge in [0, 0.05) is 12.0 Å². The lowest BCUT2D eigenvalue weighted by molar-refractivity contribution is -0.140. The first-order valence-corrected chi connectivity index (χ1v) is 5.36. The molecule has 0 fully saturated rings. The molecule has 17 heavy (non-hydrogen) atoms. The van der Waals surface area contributed by atoms with Gasteiger partial charge in [-0.05, 0) is 0 Å². The summed E-state index contributed by atoms with van der Waals surface area (Å²) in [4.78, 5) is 15.1. The van der Waals surface area contributed by atoms with E-state index < -0.39 is 0 Å². The van der Waals surface area contributed by atoms with Crippen LogP contribution in [0.2, 0.25) is 0 Å². The summed E-state index contributed by atoms with van der Waals surface area (Å²) in [6.45, 7) is 0. The van der Waals surface area contributed by atoms with Crippen LogP contribution in [0.1, 0.15) is 12.3 Å². The first-order valence-electron chi connectivity index (χ1n) is 5.36. The quantitative estimate of drug-likeness (QED) is 0.758. The molecular weight excluding hydrogens is 218 g/mol. The molecule has 2 aromatic rings. The molecule has 88 valence electrons. The number of aromatic nitrogens is 1. The Morgan fingerprint density at radius 2 is 2.12 bits per heavy atom. The number of aryl methyl sites for hydroxylation is 1. The lowest BCUT2D eigenvalue weighted by Gasteiger charge is -1.96. The van der Waals surface area contributed by atoms with Crippen LogP contribution in [0.15, 0.2) is 40.9 Å². The Bertz CT molecular complexity index is 490. The molecule has 2 rings (SSSR count). The van der Waals surface area contributed by atoms with Gasteiger partial charge in [-0.25, -0.2) is 4.98 Å². The minimum Gasteiger partial charge on any atom is -0.469 e. The van der Waals surface area contributed by atoms with Gasteiger partial charge in [0.2, 0.25) is 0 Å². The zero-order valence-electron chi connectivity index (χ0n) is 9.55. The largest absolute Gasteiger partial charge is 0.469 e. The molecule has 0 saturated carbocycles. The molecule has 0 spiro atoms. The fraction of sp³-hybridized carbons (Fsp3) is 0.231. The van der Waals surface area contributed by atoms with Crippen LogP contribution in [0.4, 0.5) is 0 Å². The van der Waals surface area contributed by atoms with E-state index in [9.17, 15) is 4.79 Å². The van der Waals surface area contributed by atoms with E-state index in [-0.39, 0.29) is 12.4 Å². The lowest BCUT2D eigenvalue weighted by atomic mass is 10.2. The van der Waals surface area contributed by atoms with E-state index in [0.717, 1.165) is 5.56 Å². The van der Waals surface area contributed by atoms with Crippen LogP contribution in [0, 0.1) is 0 Å². The topological polar surface area (TPSA) is 52.3 Å². The van der Waals surface area contributed by atoms with Crippen molar-refractivity contribution in [1.82, 2.24) is 4.98 Å². The maximum atomic E-state index is 11.0. The third-order valence-corrected chi connectivity index (χ3v) is 2.38. The van der Waals surface area contributed by atoms with E-state index in [1.165, 1.54) is 7.11 Å². The highest BCUT2D eigenvalue weighted by Gasteiger charge is 2.08. The number of methoxy groups -OCH3 is 1. The highest BCUT2D eigenvalue weighted by Crippen LogP contribution is 2.20. The van der Waals surface area contributed by atoms with E-state index in [4.69, 9.17) is 4.42 Å². The van der Waals surface area contributed by atoms with Crippen LogP contribution in [-0.4, -0.2) is 18.1 Å². The maximum Gasteiger partial charge on any atom is 0.306 e. The summed E-state index contributed by atoms with van der Waals surface area (Å²) < 4.78 is 10.1. The standard InChI is InChI=1S/C13H13NO3/c1-16-13(15)8-7-12-14-9-11(17-12)10-5-3-2-4-6-10/h2-6,9H,7-8H2,1H3. The number of esters is 1. The number of nitrogens with zero attached hydrogens (tertiary/aromatic N) is 1. The van der Waals surface area contributed by atoms with E-state index in [1.54, 1.807) is 6.20 Å². The van der Waals surface area contributed by atoms with Crippen molar-refractivity contribution in [2.75, 3.05) is 7.11 Å². The molecule has 0 saturated heterocycles. The maximum absolute atomic E-state index is 11.0. The lowest BCUT2D eigenvalue weighted by Crippen LogP contribution is -2.01. The van der Waals surface area contributed by atoms with E-state index >= 15 is 0 Å². The van der Waals surface area contributed by atoms with Crippen molar-refractivity contribution in [1.29, 1.82) is 0 Å². The Hall–Kier alpha value is -2.10. The van der Waals surface area contributed by atoms with Gasteiger partial charge in [0.05, 0.1) is 19.7 Å². The normalized spacial score (nSPS) is 10.2. The highest BCUT2D eigenvalue weighted by atomic mass is 16.5. The third-order valence-electron chi connectivity index (χ3n) is 2.38. The zero-order valence-corrected chi connectivity index (χ0v) is 9.55. The summed E-state index contributed by atoms with van der Waals surface area (Å²) in [5.74, 6) is 1.00. The highest BCUT2D eigenvalue weighted by molar-refractivity contribution is 5.69. The first-order chi connectivity index (χ1) is 8.29. The van der Waals surface area contributed by atoms with Crippen molar-refractivity contribution in [2.24, 2.45) is 0 Å². The van der Waals surface area contributed by atoms with E-state index in [1.807, 2.05) is 30.3 Å². The van der Waals surface area contributed by atoms with Gasteiger partial charge < -0.3 is 9.15 Å². The SMILES string of the molecule is COC(=O)CCc1ncc(-c2ccccc2)o1. The second kappa shape index (κ2) is 5.30. The van der Waals surface area contributed by atoms with Crippen LogP contribution in [0.25, 0.3) is 11.3 Å². The number of benzene rings is 1. The molecule has 0 aliphatic heterocycles. The first kappa shape index (κ1) is 11.4. The molecular formula is C13H13NO3. The third kappa shape index (κ3) is 2.93. The van der Waals surface area contributed by atoms with Gasteiger partial charge >= 0.3 is 5.97 Å². The molecule has 0 unspecified atom stereocenters. The summed E-state index contributed by atoms with van der Waals surface area (Å²) in [5, 5.41) is 0. The van der Waals surface area contributed by atoms with Crippen molar-refractivity contribution in [3.63, 3.8) is 0 Å². The molecule has 1 aromatic carbocycles. The number of carbonyl (C=O) groups excluding carboxylic acids is 1. The molecule has 1 aromatic heterocycles. The minimum absolute atomic E-state index is 0.260. The smallest absolute Gasteiger partial charge is 0.306 e. The summed E-state index contributed by atoms with van der Waals surface area (Å²) >= 11 is 0. The van der Waals surface area contributed by atoms with Crippen molar-refractivity contribution in [2.45, 2.75) is 12.8 Å². The van der Waals surface area contributed by atoms with Gasteiger partial charge in [0.25, 0.3) is 0 Å². The van der Waals surface area contributed by atoms with Crippen LogP contribution >= 0.6 is 0 Å². The predicted octanol–water partition coefficient (Wildman–Crippen LogP) is 2.45.